The van der Waals surface area contributed by atoms with Crippen molar-refractivity contribution in [2.45, 2.75) is 25.7 Å². The van der Waals surface area contributed by atoms with Crippen molar-refractivity contribution in [2.24, 2.45) is 0 Å². The van der Waals surface area contributed by atoms with Crippen LogP contribution in [0.3, 0.4) is 0 Å². The summed E-state index contributed by atoms with van der Waals surface area (Å²) in [6, 6.07) is 20.1. The lowest BCUT2D eigenvalue weighted by Crippen LogP contribution is -2.16. The minimum atomic E-state index is -0.184. The average Bonchev–Trinajstić information content (AvgIpc) is 2.71. The first kappa shape index (κ1) is 16.4. The lowest BCUT2D eigenvalue weighted by molar-refractivity contribution is -0.121. The molecule has 3 heteroatoms. The Morgan fingerprint density at radius 1 is 0.731 bits per heavy atom. The number of aromatic nitrogens is 2. The number of rotatable bonds is 4. The Bertz CT molecular complexity index is 1020. The van der Waals surface area contributed by atoms with Crippen molar-refractivity contribution in [3.63, 3.8) is 0 Å². The van der Waals surface area contributed by atoms with Gasteiger partial charge in [-0.2, -0.15) is 0 Å². The third-order valence-electron chi connectivity index (χ3n) is 5.11. The molecule has 0 aliphatic carbocycles. The van der Waals surface area contributed by atoms with E-state index in [0.717, 1.165) is 32.9 Å². The van der Waals surface area contributed by atoms with Crippen LogP contribution in [0.2, 0.25) is 0 Å². The highest BCUT2D eigenvalue weighted by Crippen LogP contribution is 2.29. The minimum absolute atomic E-state index is 0.184. The van der Waals surface area contributed by atoms with Gasteiger partial charge in [-0.25, -0.2) is 0 Å². The zero-order valence-corrected chi connectivity index (χ0v) is 14.9. The van der Waals surface area contributed by atoms with Crippen LogP contribution in [0.1, 0.15) is 36.8 Å². The van der Waals surface area contributed by atoms with Gasteiger partial charge in [0.1, 0.15) is 5.78 Å². The largest absolute Gasteiger partial charge is 0.298 e. The fraction of sp³-hybridized carbons (Fsp3) is 0.174. The van der Waals surface area contributed by atoms with Crippen molar-refractivity contribution < 1.29 is 4.79 Å². The third kappa shape index (κ3) is 2.97. The van der Waals surface area contributed by atoms with Crippen molar-refractivity contribution in [1.29, 1.82) is 0 Å². The van der Waals surface area contributed by atoms with Gasteiger partial charge >= 0.3 is 0 Å². The molecule has 2 aromatic carbocycles. The molecule has 0 fully saturated rings. The second-order valence-electron chi connectivity index (χ2n) is 6.76. The Morgan fingerprint density at radius 3 is 1.65 bits per heavy atom. The molecule has 0 amide bonds. The van der Waals surface area contributed by atoms with Crippen molar-refractivity contribution >= 4 is 27.6 Å². The summed E-state index contributed by atoms with van der Waals surface area (Å²) in [6.07, 6.45) is 3.56. The molecule has 4 rings (SSSR count). The summed E-state index contributed by atoms with van der Waals surface area (Å²) in [5, 5.41) is 2.18. The number of carbonyl (C=O) groups is 1. The molecule has 4 aromatic rings. The number of nitrogens with zero attached hydrogens (tertiary/aromatic N) is 2. The summed E-state index contributed by atoms with van der Waals surface area (Å²) in [5.74, 6) is -0.165. The molecule has 26 heavy (non-hydrogen) atoms. The van der Waals surface area contributed by atoms with Crippen LogP contribution in [-0.2, 0) is 4.79 Å². The molecule has 2 unspecified atom stereocenters. The van der Waals surface area contributed by atoms with Gasteiger partial charge in [0.15, 0.2) is 0 Å². The van der Waals surface area contributed by atoms with Crippen LogP contribution in [0.5, 0.6) is 0 Å². The molecule has 0 spiro atoms. The number of fused-ring (bicyclic) bond motifs is 2. The Hall–Kier alpha value is -3.07. The van der Waals surface area contributed by atoms with Gasteiger partial charge in [0.2, 0.25) is 0 Å². The molecule has 0 bridgehead atoms. The maximum Gasteiger partial charge on any atom is 0.147 e. The molecule has 3 nitrogen and oxygen atoms in total. The van der Waals surface area contributed by atoms with Gasteiger partial charge in [0.05, 0.1) is 11.0 Å². The number of carbonyl (C=O) groups excluding carboxylic acids is 1. The maximum atomic E-state index is 13.1. The molecule has 0 saturated carbocycles. The van der Waals surface area contributed by atoms with Crippen LogP contribution in [0.4, 0.5) is 0 Å². The number of pyridine rings is 2. The van der Waals surface area contributed by atoms with Crippen molar-refractivity contribution in [2.75, 3.05) is 0 Å². The van der Waals surface area contributed by atoms with Crippen LogP contribution in [0.15, 0.2) is 73.1 Å². The van der Waals surface area contributed by atoms with E-state index in [-0.39, 0.29) is 17.6 Å². The number of benzene rings is 2. The summed E-state index contributed by atoms with van der Waals surface area (Å²) in [6.45, 7) is 3.95. The van der Waals surface area contributed by atoms with Crippen molar-refractivity contribution in [3.8, 4) is 0 Å². The van der Waals surface area contributed by atoms with Crippen LogP contribution < -0.4 is 0 Å². The minimum Gasteiger partial charge on any atom is -0.298 e. The van der Waals surface area contributed by atoms with E-state index in [2.05, 4.69) is 9.97 Å². The van der Waals surface area contributed by atoms with E-state index in [1.54, 1.807) is 12.4 Å². The summed E-state index contributed by atoms with van der Waals surface area (Å²) >= 11 is 0. The standard InChI is InChI=1S/C23H20N2O/c1-15(19-9-7-17-5-3-11-24-21(17)13-19)23(26)16(2)20-10-8-18-6-4-12-25-22(18)14-20/h3-16H,1-2H3. The first-order valence-electron chi connectivity index (χ1n) is 8.86. The number of hydrogen-bond donors (Lipinski definition) is 0. The Balaban J connectivity index is 1.63. The predicted molar refractivity (Wildman–Crippen MR) is 105 cm³/mol. The molecule has 0 saturated heterocycles. The van der Waals surface area contributed by atoms with Gasteiger partial charge < -0.3 is 0 Å². The number of Topliss-reactive ketones (excluding diaryl/α,β-unsaturated/α-hetero) is 1. The smallest absolute Gasteiger partial charge is 0.147 e. The van der Waals surface area contributed by atoms with Gasteiger partial charge in [-0.1, -0.05) is 50.2 Å². The van der Waals surface area contributed by atoms with Crippen LogP contribution >= 0.6 is 0 Å². The van der Waals surface area contributed by atoms with Gasteiger partial charge in [0, 0.05) is 35.0 Å². The van der Waals surface area contributed by atoms with E-state index in [1.807, 2.05) is 74.5 Å². The van der Waals surface area contributed by atoms with Crippen LogP contribution in [0.25, 0.3) is 21.8 Å². The normalized spacial score (nSPS) is 13.6. The average molecular weight is 340 g/mol. The fourth-order valence-corrected chi connectivity index (χ4v) is 3.41. The van der Waals surface area contributed by atoms with Crippen LogP contribution in [-0.4, -0.2) is 15.8 Å². The molecule has 2 atom stereocenters. The van der Waals surface area contributed by atoms with E-state index in [1.165, 1.54) is 0 Å². The van der Waals surface area contributed by atoms with Gasteiger partial charge in [-0.05, 0) is 35.4 Å². The second-order valence-corrected chi connectivity index (χ2v) is 6.76. The zero-order chi connectivity index (χ0) is 18.1. The third-order valence-corrected chi connectivity index (χ3v) is 5.11. The molecule has 0 aliphatic heterocycles. The fourth-order valence-electron chi connectivity index (χ4n) is 3.41. The van der Waals surface area contributed by atoms with E-state index in [9.17, 15) is 4.79 Å². The number of hydrogen-bond acceptors (Lipinski definition) is 3. The van der Waals surface area contributed by atoms with E-state index in [0.29, 0.717) is 0 Å². The van der Waals surface area contributed by atoms with Gasteiger partial charge in [-0.3, -0.25) is 14.8 Å². The first-order valence-corrected chi connectivity index (χ1v) is 8.86. The molecule has 2 aromatic heterocycles. The lowest BCUT2D eigenvalue weighted by atomic mass is 9.85. The van der Waals surface area contributed by atoms with E-state index < -0.39 is 0 Å². The quantitative estimate of drug-likeness (QED) is 0.509. The highest BCUT2D eigenvalue weighted by molar-refractivity contribution is 5.93. The summed E-state index contributed by atoms with van der Waals surface area (Å²) in [7, 11) is 0. The van der Waals surface area contributed by atoms with Crippen molar-refractivity contribution in [1.82, 2.24) is 9.97 Å². The monoisotopic (exact) mass is 340 g/mol. The van der Waals surface area contributed by atoms with Crippen LogP contribution in [0, 0.1) is 0 Å². The lowest BCUT2D eigenvalue weighted by Gasteiger charge is -2.18. The molecular formula is C23H20N2O. The highest BCUT2D eigenvalue weighted by Gasteiger charge is 2.23. The summed E-state index contributed by atoms with van der Waals surface area (Å²) in [5.41, 5.74) is 3.86. The Morgan fingerprint density at radius 2 is 1.19 bits per heavy atom. The summed E-state index contributed by atoms with van der Waals surface area (Å²) < 4.78 is 0. The molecule has 128 valence electrons. The predicted octanol–water partition coefficient (Wildman–Crippen LogP) is 5.26. The SMILES string of the molecule is CC(C(=O)C(C)c1ccc2cccnc2c1)c1ccc2cccnc2c1. The Kier molecular flexibility index (Phi) is 4.21. The van der Waals surface area contributed by atoms with E-state index in [4.69, 9.17) is 0 Å². The van der Waals surface area contributed by atoms with Crippen molar-refractivity contribution in [3.05, 3.63) is 84.2 Å². The first-order chi connectivity index (χ1) is 12.6. The molecule has 0 aliphatic rings. The highest BCUT2D eigenvalue weighted by atomic mass is 16.1. The molecule has 0 N–H and O–H groups in total. The van der Waals surface area contributed by atoms with Gasteiger partial charge in [-0.15, -0.1) is 0 Å². The topological polar surface area (TPSA) is 42.9 Å². The van der Waals surface area contributed by atoms with E-state index >= 15 is 0 Å². The van der Waals surface area contributed by atoms with Gasteiger partial charge in [0.25, 0.3) is 0 Å². The summed E-state index contributed by atoms with van der Waals surface area (Å²) in [4.78, 5) is 21.9. The Labute approximate surface area is 152 Å². The maximum absolute atomic E-state index is 13.1. The zero-order valence-electron chi connectivity index (χ0n) is 14.9. The molecular weight excluding hydrogens is 320 g/mol. The molecule has 0 radical (unpaired) electrons. The molecule has 2 heterocycles. The second kappa shape index (κ2) is 6.68. The number of ketones is 1.